The number of carbonyl (C=O) groups is 1. The zero-order valence-electron chi connectivity index (χ0n) is 15.9. The number of rotatable bonds is 8. The van der Waals surface area contributed by atoms with Gasteiger partial charge in [-0.1, -0.05) is 18.4 Å². The summed E-state index contributed by atoms with van der Waals surface area (Å²) in [7, 11) is -17.6. The quantitative estimate of drug-likeness (QED) is 0.182. The molecule has 5 N–H and O–H groups in total. The van der Waals surface area contributed by atoms with Crippen molar-refractivity contribution in [2.24, 2.45) is 5.73 Å². The molecule has 6 atom stereocenters. The summed E-state index contributed by atoms with van der Waals surface area (Å²) in [5.74, 6) is 4.55. The molecule has 1 amide bonds. The van der Waals surface area contributed by atoms with Gasteiger partial charge in [0.2, 0.25) is 0 Å². The molecule has 0 spiro atoms. The van der Waals surface area contributed by atoms with E-state index >= 15 is 0 Å². The minimum Gasteiger partial charge on any atom is -0.756 e. The summed E-state index contributed by atoms with van der Waals surface area (Å²) in [6.07, 6.45) is -2.42. The van der Waals surface area contributed by atoms with Gasteiger partial charge in [-0.25, -0.2) is 8.62 Å². The van der Waals surface area contributed by atoms with E-state index < -0.39 is 54.4 Å². The number of carbonyl (C=O) groups excluding carboxylic acids is 1. The number of amides is 1. The normalized spacial score (nSPS) is 29.1. The van der Waals surface area contributed by atoms with Crippen molar-refractivity contribution in [2.45, 2.75) is 24.9 Å². The number of phosphoric acid groups is 3. The molecule has 0 aromatic heterocycles. The number of aliphatic hydroxyl groups is 1. The van der Waals surface area contributed by atoms with Gasteiger partial charge in [-0.05, 0) is 0 Å². The zero-order valence-corrected chi connectivity index (χ0v) is 18.6. The molecule has 2 rings (SSSR count). The van der Waals surface area contributed by atoms with Gasteiger partial charge in [0.1, 0.15) is 23.7 Å². The lowest BCUT2D eigenvalue weighted by atomic mass is 10.1. The topological polar surface area (TPSA) is 256 Å². The summed E-state index contributed by atoms with van der Waals surface area (Å²) in [5.41, 5.74) is 5.29. The highest BCUT2D eigenvalue weighted by molar-refractivity contribution is 7.65. The molecule has 32 heavy (non-hydrogen) atoms. The predicted octanol–water partition coefficient (Wildman–Crippen LogP) is -3.34. The molecule has 1 saturated heterocycles. The van der Waals surface area contributed by atoms with Gasteiger partial charge in [-0.3, -0.25) is 18.5 Å². The van der Waals surface area contributed by atoms with E-state index in [1.165, 1.54) is 11.1 Å². The van der Waals surface area contributed by atoms with Crippen LogP contribution in [0.15, 0.2) is 24.2 Å². The van der Waals surface area contributed by atoms with E-state index in [0.29, 0.717) is 0 Å². The largest absolute Gasteiger partial charge is 0.756 e. The van der Waals surface area contributed by atoms with Gasteiger partial charge in [-0.15, -0.1) is 0 Å². The highest BCUT2D eigenvalue weighted by Crippen LogP contribution is 2.61. The maximum absolute atomic E-state index is 11.9. The third-order valence-electron chi connectivity index (χ3n) is 3.72. The second kappa shape index (κ2) is 10.3. The van der Waals surface area contributed by atoms with Crippen LogP contribution < -0.4 is 25.7 Å². The van der Waals surface area contributed by atoms with Crippen LogP contribution in [0.1, 0.15) is 6.42 Å². The summed E-state index contributed by atoms with van der Waals surface area (Å²) < 4.78 is 49.6. The average Bonchev–Trinajstić information content (AvgIpc) is 2.97. The second-order valence-corrected chi connectivity index (χ2v) is 10.4. The predicted molar refractivity (Wildman–Crippen MR) is 96.5 cm³/mol. The van der Waals surface area contributed by atoms with Crippen molar-refractivity contribution < 1.29 is 61.1 Å². The van der Waals surface area contributed by atoms with Gasteiger partial charge in [0, 0.05) is 12.6 Å². The van der Waals surface area contributed by atoms with Crippen LogP contribution in [0.3, 0.4) is 0 Å². The third kappa shape index (κ3) is 7.87. The molecule has 180 valence electrons. The minimum absolute atomic E-state index is 0.00700. The van der Waals surface area contributed by atoms with Crippen molar-refractivity contribution in [1.82, 2.24) is 10.2 Å². The zero-order chi connectivity index (χ0) is 24.3. The SMILES string of the molecule is C=C1NC(=O)C(C#CCN)=CN1[C@H]1CC(O)[C@@H](COP(=O)([O-])OP(=O)([O-])OP(=O)([O-])O)O1. The highest BCUT2D eigenvalue weighted by atomic mass is 31.3. The smallest absolute Gasteiger partial charge is 0.280 e. The van der Waals surface area contributed by atoms with Crippen molar-refractivity contribution in [2.75, 3.05) is 13.2 Å². The minimum atomic E-state index is -6.05. The maximum atomic E-state index is 11.9. The van der Waals surface area contributed by atoms with Crippen molar-refractivity contribution >= 4 is 29.4 Å². The van der Waals surface area contributed by atoms with Crippen molar-refractivity contribution in [3.8, 4) is 11.8 Å². The fourth-order valence-corrected chi connectivity index (χ4v) is 5.42. The molecule has 0 aliphatic carbocycles. The molecule has 2 heterocycles. The Balaban J connectivity index is 2.03. The van der Waals surface area contributed by atoms with Crippen LogP contribution in [-0.2, 0) is 36.4 Å². The number of hydrogen-bond donors (Lipinski definition) is 4. The van der Waals surface area contributed by atoms with Crippen LogP contribution in [0.5, 0.6) is 0 Å². The number of hydrogen-bond acceptors (Lipinski definition) is 14. The van der Waals surface area contributed by atoms with Crippen LogP contribution >= 0.6 is 23.5 Å². The fraction of sp³-hybridized carbons (Fsp3) is 0.462. The van der Waals surface area contributed by atoms with E-state index in [1.807, 2.05) is 0 Å². The molecule has 0 aromatic rings. The van der Waals surface area contributed by atoms with Crippen LogP contribution in [0.25, 0.3) is 0 Å². The number of nitrogens with two attached hydrogens (primary N) is 1. The summed E-state index contributed by atoms with van der Waals surface area (Å²) in [6.45, 7) is 2.68. The molecular formula is C13H17N3O13P3-3. The molecule has 16 nitrogen and oxygen atoms in total. The number of nitrogens with zero attached hydrogens (tertiary/aromatic N) is 1. The molecule has 4 unspecified atom stereocenters. The first kappa shape index (κ1) is 26.8. The van der Waals surface area contributed by atoms with E-state index in [4.69, 9.17) is 15.4 Å². The Morgan fingerprint density at radius 1 is 1.31 bits per heavy atom. The van der Waals surface area contributed by atoms with Gasteiger partial charge in [-0.2, -0.15) is 0 Å². The molecule has 0 aromatic carbocycles. The highest BCUT2D eigenvalue weighted by Gasteiger charge is 2.40. The monoisotopic (exact) mass is 516 g/mol. The summed E-state index contributed by atoms with van der Waals surface area (Å²) >= 11 is 0. The molecule has 0 radical (unpaired) electrons. The average molecular weight is 516 g/mol. The summed E-state index contributed by atoms with van der Waals surface area (Å²) in [5, 5.41) is 12.5. The number of aliphatic hydroxyl groups excluding tert-OH is 1. The Bertz CT molecular complexity index is 998. The first-order valence-corrected chi connectivity index (χ1v) is 12.8. The van der Waals surface area contributed by atoms with E-state index in [-0.39, 0.29) is 24.4 Å². The fourth-order valence-electron chi connectivity index (χ4n) is 2.52. The molecule has 1 fully saturated rings. The van der Waals surface area contributed by atoms with Gasteiger partial charge in [0.15, 0.2) is 0 Å². The first-order valence-electron chi connectivity index (χ1n) is 8.38. The Morgan fingerprint density at radius 2 is 1.97 bits per heavy atom. The van der Waals surface area contributed by atoms with E-state index in [9.17, 15) is 38.3 Å². The van der Waals surface area contributed by atoms with Crippen molar-refractivity contribution in [3.63, 3.8) is 0 Å². The van der Waals surface area contributed by atoms with Crippen molar-refractivity contribution in [1.29, 1.82) is 0 Å². The van der Waals surface area contributed by atoms with E-state index in [1.54, 1.807) is 0 Å². The lowest BCUT2D eigenvalue weighted by Gasteiger charge is -2.33. The summed E-state index contributed by atoms with van der Waals surface area (Å²) in [4.78, 5) is 54.8. The van der Waals surface area contributed by atoms with E-state index in [0.717, 1.165) is 0 Å². The van der Waals surface area contributed by atoms with Crippen LogP contribution in [0.4, 0.5) is 0 Å². The molecular weight excluding hydrogens is 499 g/mol. The molecule has 2 aliphatic heterocycles. The first-order chi connectivity index (χ1) is 14.6. The van der Waals surface area contributed by atoms with Crippen LogP contribution in [-0.4, -0.2) is 52.4 Å². The van der Waals surface area contributed by atoms with Gasteiger partial charge >= 0.3 is 0 Å². The Labute approximate surface area is 181 Å². The molecule has 0 saturated carbocycles. The van der Waals surface area contributed by atoms with E-state index in [2.05, 4.69) is 36.9 Å². The Morgan fingerprint density at radius 3 is 2.56 bits per heavy atom. The summed E-state index contributed by atoms with van der Waals surface area (Å²) in [6, 6.07) is 0. The molecule has 19 heteroatoms. The van der Waals surface area contributed by atoms with Crippen LogP contribution in [0, 0.1) is 11.8 Å². The molecule has 2 aliphatic rings. The molecule has 0 bridgehead atoms. The maximum Gasteiger partial charge on any atom is 0.280 e. The van der Waals surface area contributed by atoms with Gasteiger partial charge in [0.25, 0.3) is 29.4 Å². The Hall–Kier alpha value is -1.40. The third-order valence-corrected chi connectivity index (χ3v) is 7.41. The number of phosphoric ester groups is 1. The Kier molecular flexibility index (Phi) is 8.60. The number of ether oxygens (including phenoxy) is 1. The van der Waals surface area contributed by atoms with Crippen molar-refractivity contribution in [3.05, 3.63) is 24.2 Å². The van der Waals surface area contributed by atoms with Crippen LogP contribution in [0.2, 0.25) is 0 Å². The second-order valence-electron chi connectivity index (χ2n) is 6.11. The van der Waals surface area contributed by atoms with Gasteiger partial charge in [0.05, 0.1) is 19.3 Å². The lowest BCUT2D eigenvalue weighted by molar-refractivity contribution is -0.250. The number of nitrogens with one attached hydrogen (secondary N) is 1. The standard InChI is InChI=1S/C13H20N3O13P3/c1-8-15-13(18)9(3-2-4-14)6-16(8)12-5-10(17)11(27-12)7-26-31(22,23)29-32(24,25)28-30(19,20)21/h6,10-12,17H,1,4-5,7,14H2,(H,15,18)(H,22,23)(H,24,25)(H2,19,20,21)/p-3/t10?,11-,12-/m1/s1. The van der Waals surface area contributed by atoms with Gasteiger partial charge < -0.3 is 49.9 Å². The lowest BCUT2D eigenvalue weighted by Crippen LogP contribution is -2.43.